The Bertz CT molecular complexity index is 522. The summed E-state index contributed by atoms with van der Waals surface area (Å²) in [5.41, 5.74) is 3.78. The first-order chi connectivity index (χ1) is 8.69. The molecule has 2 aromatic rings. The predicted octanol–water partition coefficient (Wildman–Crippen LogP) is 5.32. The Balaban J connectivity index is 2.19. The summed E-state index contributed by atoms with van der Waals surface area (Å²) in [4.78, 5) is 0. The topological polar surface area (TPSA) is 12.0 Å². The molecule has 1 nitrogen and oxygen atoms in total. The van der Waals surface area contributed by atoms with Crippen LogP contribution >= 0.6 is 15.9 Å². The highest BCUT2D eigenvalue weighted by Crippen LogP contribution is 2.25. The van der Waals surface area contributed by atoms with Crippen molar-refractivity contribution in [2.24, 2.45) is 0 Å². The van der Waals surface area contributed by atoms with Crippen molar-refractivity contribution in [3.05, 3.63) is 64.1 Å². The van der Waals surface area contributed by atoms with Crippen LogP contribution in [0.1, 0.15) is 30.5 Å². The standard InChI is InChI=1S/C16H18BrN/c1-3-16(13-7-5-8-14(17)11-13)18-15-9-4-6-12(2)10-15/h4-11,16,18H,3H2,1-2H3. The van der Waals surface area contributed by atoms with Crippen LogP contribution in [0.25, 0.3) is 0 Å². The third-order valence-electron chi connectivity index (χ3n) is 3.02. The van der Waals surface area contributed by atoms with Crippen LogP contribution in [0.4, 0.5) is 5.69 Å². The Morgan fingerprint density at radius 1 is 1.11 bits per heavy atom. The van der Waals surface area contributed by atoms with Crippen LogP contribution in [0.15, 0.2) is 53.0 Å². The summed E-state index contributed by atoms with van der Waals surface area (Å²) in [6, 6.07) is 17.3. The minimum Gasteiger partial charge on any atom is -0.378 e. The van der Waals surface area contributed by atoms with E-state index in [0.29, 0.717) is 6.04 Å². The molecule has 1 atom stereocenters. The second-order valence-corrected chi connectivity index (χ2v) is 5.45. The van der Waals surface area contributed by atoms with Crippen molar-refractivity contribution >= 4 is 21.6 Å². The second-order valence-electron chi connectivity index (χ2n) is 4.53. The molecular formula is C16H18BrN. The second kappa shape index (κ2) is 6.05. The molecule has 1 unspecified atom stereocenters. The summed E-state index contributed by atoms with van der Waals surface area (Å²) >= 11 is 3.53. The molecule has 0 fully saturated rings. The number of anilines is 1. The van der Waals surface area contributed by atoms with E-state index in [1.54, 1.807) is 0 Å². The van der Waals surface area contributed by atoms with Gasteiger partial charge in [0, 0.05) is 10.2 Å². The van der Waals surface area contributed by atoms with Crippen LogP contribution in [0, 0.1) is 6.92 Å². The van der Waals surface area contributed by atoms with Crippen molar-refractivity contribution in [2.45, 2.75) is 26.3 Å². The number of rotatable bonds is 4. The number of hydrogen-bond acceptors (Lipinski definition) is 1. The van der Waals surface area contributed by atoms with Crippen molar-refractivity contribution in [1.29, 1.82) is 0 Å². The van der Waals surface area contributed by atoms with Gasteiger partial charge >= 0.3 is 0 Å². The molecule has 0 spiro atoms. The largest absolute Gasteiger partial charge is 0.378 e. The molecule has 0 bridgehead atoms. The molecular weight excluding hydrogens is 286 g/mol. The van der Waals surface area contributed by atoms with Gasteiger partial charge in [-0.1, -0.05) is 47.1 Å². The van der Waals surface area contributed by atoms with Gasteiger partial charge in [-0.05, 0) is 48.7 Å². The average molecular weight is 304 g/mol. The third kappa shape index (κ3) is 3.36. The van der Waals surface area contributed by atoms with E-state index in [4.69, 9.17) is 0 Å². The Labute approximate surface area is 117 Å². The lowest BCUT2D eigenvalue weighted by Gasteiger charge is -2.19. The molecule has 0 saturated heterocycles. The lowest BCUT2D eigenvalue weighted by molar-refractivity contribution is 0.749. The van der Waals surface area contributed by atoms with Crippen LogP contribution in [0.2, 0.25) is 0 Å². The van der Waals surface area contributed by atoms with Crippen LogP contribution in [0.3, 0.4) is 0 Å². The number of benzene rings is 2. The van der Waals surface area contributed by atoms with Gasteiger partial charge in [0.25, 0.3) is 0 Å². The molecule has 2 aromatic carbocycles. The smallest absolute Gasteiger partial charge is 0.0511 e. The first-order valence-electron chi connectivity index (χ1n) is 6.27. The number of hydrogen-bond donors (Lipinski definition) is 1. The van der Waals surface area contributed by atoms with Crippen molar-refractivity contribution < 1.29 is 0 Å². The quantitative estimate of drug-likeness (QED) is 0.806. The minimum absolute atomic E-state index is 0.351. The van der Waals surface area contributed by atoms with E-state index in [2.05, 4.69) is 83.6 Å². The molecule has 94 valence electrons. The maximum atomic E-state index is 3.59. The number of halogens is 1. The molecule has 0 saturated carbocycles. The van der Waals surface area contributed by atoms with Crippen molar-refractivity contribution in [3.8, 4) is 0 Å². The molecule has 2 heteroatoms. The molecule has 1 N–H and O–H groups in total. The average Bonchev–Trinajstić information content (AvgIpc) is 2.36. The van der Waals surface area contributed by atoms with Crippen LogP contribution in [-0.2, 0) is 0 Å². The van der Waals surface area contributed by atoms with Crippen molar-refractivity contribution in [3.63, 3.8) is 0 Å². The number of aryl methyl sites for hydroxylation is 1. The Hall–Kier alpha value is -1.28. The maximum Gasteiger partial charge on any atom is 0.0511 e. The molecule has 0 aromatic heterocycles. The van der Waals surface area contributed by atoms with E-state index in [9.17, 15) is 0 Å². The van der Waals surface area contributed by atoms with Gasteiger partial charge in [0.2, 0.25) is 0 Å². The molecule has 0 heterocycles. The van der Waals surface area contributed by atoms with Crippen molar-refractivity contribution in [2.75, 3.05) is 5.32 Å². The van der Waals surface area contributed by atoms with Crippen LogP contribution < -0.4 is 5.32 Å². The van der Waals surface area contributed by atoms with E-state index in [-0.39, 0.29) is 0 Å². The summed E-state index contributed by atoms with van der Waals surface area (Å²) in [7, 11) is 0. The highest BCUT2D eigenvalue weighted by atomic mass is 79.9. The molecule has 0 radical (unpaired) electrons. The first kappa shape index (κ1) is 13.2. The molecule has 0 amide bonds. The first-order valence-corrected chi connectivity index (χ1v) is 7.07. The lowest BCUT2D eigenvalue weighted by Crippen LogP contribution is -2.09. The van der Waals surface area contributed by atoms with Gasteiger partial charge in [0.15, 0.2) is 0 Å². The summed E-state index contributed by atoms with van der Waals surface area (Å²) in [6.45, 7) is 4.32. The van der Waals surface area contributed by atoms with E-state index in [1.165, 1.54) is 16.8 Å². The zero-order valence-electron chi connectivity index (χ0n) is 10.8. The Kier molecular flexibility index (Phi) is 4.43. The van der Waals surface area contributed by atoms with E-state index >= 15 is 0 Å². The summed E-state index contributed by atoms with van der Waals surface area (Å²) in [5.74, 6) is 0. The third-order valence-corrected chi connectivity index (χ3v) is 3.51. The maximum absolute atomic E-state index is 3.59. The zero-order valence-corrected chi connectivity index (χ0v) is 12.4. The van der Waals surface area contributed by atoms with Gasteiger partial charge < -0.3 is 5.32 Å². The van der Waals surface area contributed by atoms with Crippen LogP contribution in [-0.4, -0.2) is 0 Å². The van der Waals surface area contributed by atoms with Gasteiger partial charge in [-0.3, -0.25) is 0 Å². The minimum atomic E-state index is 0.351. The molecule has 0 aliphatic rings. The van der Waals surface area contributed by atoms with Crippen LogP contribution in [0.5, 0.6) is 0 Å². The SMILES string of the molecule is CCC(Nc1cccc(C)c1)c1cccc(Br)c1. The lowest BCUT2D eigenvalue weighted by atomic mass is 10.0. The molecule has 18 heavy (non-hydrogen) atoms. The van der Waals surface area contributed by atoms with E-state index in [0.717, 1.165) is 10.9 Å². The highest BCUT2D eigenvalue weighted by molar-refractivity contribution is 9.10. The van der Waals surface area contributed by atoms with Gasteiger partial charge in [0.1, 0.15) is 0 Å². The molecule has 2 rings (SSSR count). The fraction of sp³-hybridized carbons (Fsp3) is 0.250. The zero-order chi connectivity index (χ0) is 13.0. The van der Waals surface area contributed by atoms with Gasteiger partial charge in [-0.15, -0.1) is 0 Å². The molecule has 0 aliphatic heterocycles. The monoisotopic (exact) mass is 303 g/mol. The summed E-state index contributed by atoms with van der Waals surface area (Å²) < 4.78 is 1.13. The predicted molar refractivity (Wildman–Crippen MR) is 82.0 cm³/mol. The van der Waals surface area contributed by atoms with Crippen molar-refractivity contribution in [1.82, 2.24) is 0 Å². The summed E-state index contributed by atoms with van der Waals surface area (Å²) in [5, 5.41) is 3.59. The van der Waals surface area contributed by atoms with Gasteiger partial charge in [-0.2, -0.15) is 0 Å². The molecule has 0 aliphatic carbocycles. The summed E-state index contributed by atoms with van der Waals surface area (Å²) in [6.07, 6.45) is 1.06. The normalized spacial score (nSPS) is 12.2. The fourth-order valence-corrected chi connectivity index (χ4v) is 2.50. The Morgan fingerprint density at radius 3 is 2.56 bits per heavy atom. The Morgan fingerprint density at radius 2 is 1.89 bits per heavy atom. The van der Waals surface area contributed by atoms with Gasteiger partial charge in [-0.25, -0.2) is 0 Å². The van der Waals surface area contributed by atoms with E-state index < -0.39 is 0 Å². The van der Waals surface area contributed by atoms with E-state index in [1.807, 2.05) is 0 Å². The van der Waals surface area contributed by atoms with Gasteiger partial charge in [0.05, 0.1) is 6.04 Å². The number of nitrogens with one attached hydrogen (secondary N) is 1. The fourth-order valence-electron chi connectivity index (χ4n) is 2.08. The highest BCUT2D eigenvalue weighted by Gasteiger charge is 2.09.